The molecular weight excluding hydrogens is 304 g/mol. The predicted octanol–water partition coefficient (Wildman–Crippen LogP) is 2.75. The molecule has 1 saturated heterocycles. The fraction of sp³-hybridized carbons (Fsp3) is 0.389. The van der Waals surface area contributed by atoms with Gasteiger partial charge in [0.2, 0.25) is 0 Å². The zero-order chi connectivity index (χ0) is 16.9. The van der Waals surface area contributed by atoms with E-state index in [9.17, 15) is 4.79 Å². The number of ether oxygens (including phenoxy) is 1. The van der Waals surface area contributed by atoms with Gasteiger partial charge in [0.1, 0.15) is 11.5 Å². The maximum atomic E-state index is 12.1. The molecule has 1 aliphatic rings. The molecule has 1 unspecified atom stereocenters. The molecule has 0 aliphatic carbocycles. The largest absolute Gasteiger partial charge is 0.376 e. The second kappa shape index (κ2) is 7.40. The molecule has 2 N–H and O–H groups in total. The van der Waals surface area contributed by atoms with Crippen molar-refractivity contribution in [2.75, 3.05) is 18.5 Å². The van der Waals surface area contributed by atoms with Crippen molar-refractivity contribution >= 4 is 17.4 Å². The van der Waals surface area contributed by atoms with Crippen LogP contribution in [0.4, 0.5) is 11.5 Å². The molecule has 1 fully saturated rings. The first kappa shape index (κ1) is 16.4. The first-order valence-corrected chi connectivity index (χ1v) is 8.18. The van der Waals surface area contributed by atoms with Crippen molar-refractivity contribution in [3.8, 4) is 0 Å². The van der Waals surface area contributed by atoms with Crippen LogP contribution in [0.1, 0.15) is 34.5 Å². The molecule has 6 heteroatoms. The van der Waals surface area contributed by atoms with Crippen LogP contribution in [0.2, 0.25) is 0 Å². The molecule has 1 aromatic heterocycles. The fourth-order valence-electron chi connectivity index (χ4n) is 2.62. The summed E-state index contributed by atoms with van der Waals surface area (Å²) in [4.78, 5) is 20.6. The van der Waals surface area contributed by atoms with E-state index >= 15 is 0 Å². The van der Waals surface area contributed by atoms with Crippen molar-refractivity contribution in [2.45, 2.75) is 32.8 Å². The Kier molecular flexibility index (Phi) is 5.05. The first-order valence-electron chi connectivity index (χ1n) is 8.18. The van der Waals surface area contributed by atoms with Crippen LogP contribution in [-0.2, 0) is 4.74 Å². The monoisotopic (exact) mass is 326 g/mol. The molecule has 126 valence electrons. The Labute approximate surface area is 141 Å². The summed E-state index contributed by atoms with van der Waals surface area (Å²) in [5, 5.41) is 6.07. The van der Waals surface area contributed by atoms with Crippen LogP contribution in [0.3, 0.4) is 0 Å². The Morgan fingerprint density at radius 2 is 2.17 bits per heavy atom. The van der Waals surface area contributed by atoms with E-state index in [1.54, 1.807) is 6.20 Å². The third-order valence-corrected chi connectivity index (χ3v) is 4.05. The molecule has 1 aromatic carbocycles. The summed E-state index contributed by atoms with van der Waals surface area (Å²) in [6.07, 6.45) is 5.22. The van der Waals surface area contributed by atoms with Crippen LogP contribution in [0.25, 0.3) is 0 Å². The Morgan fingerprint density at radius 1 is 1.29 bits per heavy atom. The van der Waals surface area contributed by atoms with Gasteiger partial charge in [-0.15, -0.1) is 0 Å². The summed E-state index contributed by atoms with van der Waals surface area (Å²) < 4.78 is 5.48. The van der Waals surface area contributed by atoms with E-state index < -0.39 is 0 Å². The lowest BCUT2D eigenvalue weighted by Gasteiger charge is -2.11. The van der Waals surface area contributed by atoms with Gasteiger partial charge in [0.05, 0.1) is 18.5 Å². The smallest absolute Gasteiger partial charge is 0.271 e. The summed E-state index contributed by atoms with van der Waals surface area (Å²) in [7, 11) is 0. The molecule has 0 spiro atoms. The average molecular weight is 326 g/mol. The molecule has 2 heterocycles. The second-order valence-electron chi connectivity index (χ2n) is 6.08. The van der Waals surface area contributed by atoms with Gasteiger partial charge in [-0.05, 0) is 43.9 Å². The summed E-state index contributed by atoms with van der Waals surface area (Å²) in [6.45, 7) is 5.36. The van der Waals surface area contributed by atoms with Crippen molar-refractivity contribution in [1.82, 2.24) is 15.3 Å². The van der Waals surface area contributed by atoms with Crippen molar-refractivity contribution in [3.63, 3.8) is 0 Å². The van der Waals surface area contributed by atoms with Gasteiger partial charge >= 0.3 is 0 Å². The number of benzene rings is 1. The van der Waals surface area contributed by atoms with Gasteiger partial charge in [-0.25, -0.2) is 9.97 Å². The van der Waals surface area contributed by atoms with E-state index in [0.717, 1.165) is 30.7 Å². The summed E-state index contributed by atoms with van der Waals surface area (Å²) in [5.74, 6) is 0.385. The highest BCUT2D eigenvalue weighted by Crippen LogP contribution is 2.20. The number of hydrogen-bond donors (Lipinski definition) is 2. The molecule has 1 aliphatic heterocycles. The number of anilines is 2. The SMILES string of the molecule is Cc1ccc(C)c(Nc2cnc(C(=O)NCC3CCCO3)cn2)c1. The van der Waals surface area contributed by atoms with Gasteiger partial charge < -0.3 is 15.4 Å². The molecule has 1 amide bonds. The highest BCUT2D eigenvalue weighted by Gasteiger charge is 2.17. The highest BCUT2D eigenvalue weighted by atomic mass is 16.5. The van der Waals surface area contributed by atoms with Gasteiger partial charge in [-0.2, -0.15) is 0 Å². The minimum absolute atomic E-state index is 0.118. The van der Waals surface area contributed by atoms with Gasteiger partial charge in [0.25, 0.3) is 5.91 Å². The number of amides is 1. The molecule has 24 heavy (non-hydrogen) atoms. The van der Waals surface area contributed by atoms with Crippen LogP contribution in [-0.4, -0.2) is 35.1 Å². The van der Waals surface area contributed by atoms with E-state index in [-0.39, 0.29) is 12.0 Å². The van der Waals surface area contributed by atoms with Crippen LogP contribution in [0, 0.1) is 13.8 Å². The summed E-state index contributed by atoms with van der Waals surface area (Å²) >= 11 is 0. The first-order chi connectivity index (χ1) is 11.6. The lowest BCUT2D eigenvalue weighted by molar-refractivity contribution is 0.0853. The number of nitrogens with zero attached hydrogens (tertiary/aromatic N) is 2. The number of aryl methyl sites for hydroxylation is 2. The van der Waals surface area contributed by atoms with E-state index in [0.29, 0.717) is 18.1 Å². The van der Waals surface area contributed by atoms with Gasteiger partial charge in [-0.1, -0.05) is 12.1 Å². The molecule has 0 saturated carbocycles. The fourth-order valence-corrected chi connectivity index (χ4v) is 2.62. The van der Waals surface area contributed by atoms with Crippen LogP contribution >= 0.6 is 0 Å². The number of carbonyl (C=O) groups is 1. The zero-order valence-corrected chi connectivity index (χ0v) is 14.0. The lowest BCUT2D eigenvalue weighted by atomic mass is 10.1. The van der Waals surface area contributed by atoms with Crippen molar-refractivity contribution in [1.29, 1.82) is 0 Å². The predicted molar refractivity (Wildman–Crippen MR) is 92.5 cm³/mol. The minimum Gasteiger partial charge on any atom is -0.376 e. The minimum atomic E-state index is -0.226. The van der Waals surface area contributed by atoms with Gasteiger partial charge in [0.15, 0.2) is 0 Å². The average Bonchev–Trinajstić information content (AvgIpc) is 3.10. The molecule has 6 nitrogen and oxygen atoms in total. The topological polar surface area (TPSA) is 76.1 Å². The highest BCUT2D eigenvalue weighted by molar-refractivity contribution is 5.92. The van der Waals surface area contributed by atoms with Crippen LogP contribution < -0.4 is 10.6 Å². The zero-order valence-electron chi connectivity index (χ0n) is 14.0. The lowest BCUT2D eigenvalue weighted by Crippen LogP contribution is -2.32. The molecule has 3 rings (SSSR count). The second-order valence-corrected chi connectivity index (χ2v) is 6.08. The molecule has 1 atom stereocenters. The summed E-state index contributed by atoms with van der Waals surface area (Å²) in [5.41, 5.74) is 3.58. The van der Waals surface area contributed by atoms with Crippen molar-refractivity contribution in [3.05, 3.63) is 47.4 Å². The van der Waals surface area contributed by atoms with E-state index in [2.05, 4.69) is 38.8 Å². The van der Waals surface area contributed by atoms with E-state index in [1.165, 1.54) is 11.8 Å². The van der Waals surface area contributed by atoms with Crippen LogP contribution in [0.15, 0.2) is 30.6 Å². The van der Waals surface area contributed by atoms with Crippen molar-refractivity contribution in [2.24, 2.45) is 0 Å². The number of rotatable bonds is 5. The van der Waals surface area contributed by atoms with Crippen molar-refractivity contribution < 1.29 is 9.53 Å². The summed E-state index contributed by atoms with van der Waals surface area (Å²) in [6, 6.07) is 6.17. The standard InChI is InChI=1S/C18H22N4O2/c1-12-5-6-13(2)15(8-12)22-17-11-19-16(10-20-17)18(23)21-9-14-4-3-7-24-14/h5-6,8,10-11,14H,3-4,7,9H2,1-2H3,(H,20,22)(H,21,23). The number of nitrogens with one attached hydrogen (secondary N) is 2. The molecule has 0 bridgehead atoms. The Morgan fingerprint density at radius 3 is 2.88 bits per heavy atom. The van der Waals surface area contributed by atoms with Gasteiger partial charge in [-0.3, -0.25) is 4.79 Å². The maximum Gasteiger partial charge on any atom is 0.271 e. The number of hydrogen-bond acceptors (Lipinski definition) is 5. The normalized spacial score (nSPS) is 16.8. The molecule has 2 aromatic rings. The van der Waals surface area contributed by atoms with E-state index in [4.69, 9.17) is 4.74 Å². The Balaban J connectivity index is 1.60. The number of aromatic nitrogens is 2. The van der Waals surface area contributed by atoms with Crippen LogP contribution in [0.5, 0.6) is 0 Å². The third kappa shape index (κ3) is 4.08. The van der Waals surface area contributed by atoms with Gasteiger partial charge in [0, 0.05) is 18.8 Å². The molecular formula is C18H22N4O2. The quantitative estimate of drug-likeness (QED) is 0.883. The Bertz CT molecular complexity index is 709. The maximum absolute atomic E-state index is 12.1. The Hall–Kier alpha value is -2.47. The third-order valence-electron chi connectivity index (χ3n) is 4.05. The molecule has 0 radical (unpaired) electrons. The van der Waals surface area contributed by atoms with E-state index in [1.807, 2.05) is 13.8 Å². The number of carbonyl (C=O) groups excluding carboxylic acids is 1.